The third-order valence-electron chi connectivity index (χ3n) is 6.86. The van der Waals surface area contributed by atoms with Crippen molar-refractivity contribution in [1.29, 1.82) is 0 Å². The highest BCUT2D eigenvalue weighted by atomic mass is 16.5. The summed E-state index contributed by atoms with van der Waals surface area (Å²) in [7, 11) is 0. The molecule has 0 N–H and O–H groups in total. The molecule has 6 nitrogen and oxygen atoms in total. The van der Waals surface area contributed by atoms with Gasteiger partial charge < -0.3 is 19.3 Å². The van der Waals surface area contributed by atoms with Crippen LogP contribution in [-0.2, 0) is 14.3 Å². The smallest absolute Gasteiger partial charge is 0.260 e. The number of carbonyl (C=O) groups is 2. The molecule has 28 heavy (non-hydrogen) atoms. The van der Waals surface area contributed by atoms with Crippen molar-refractivity contribution in [2.24, 2.45) is 11.3 Å². The van der Waals surface area contributed by atoms with Crippen LogP contribution in [-0.4, -0.2) is 67.6 Å². The molecular formula is C22H30N2O4. The van der Waals surface area contributed by atoms with Crippen LogP contribution in [0.1, 0.15) is 32.1 Å². The average molecular weight is 386 g/mol. The maximum atomic E-state index is 12.6. The van der Waals surface area contributed by atoms with E-state index < -0.39 is 0 Å². The Balaban J connectivity index is 1.23. The van der Waals surface area contributed by atoms with Crippen molar-refractivity contribution in [2.75, 3.05) is 46.0 Å². The summed E-state index contributed by atoms with van der Waals surface area (Å²) in [6.45, 7) is 4.41. The zero-order valence-corrected chi connectivity index (χ0v) is 16.5. The van der Waals surface area contributed by atoms with Crippen molar-refractivity contribution in [2.45, 2.75) is 32.1 Å². The summed E-state index contributed by atoms with van der Waals surface area (Å²) in [6, 6.07) is 9.46. The van der Waals surface area contributed by atoms with Crippen molar-refractivity contribution in [3.05, 3.63) is 30.3 Å². The summed E-state index contributed by atoms with van der Waals surface area (Å²) >= 11 is 0. The van der Waals surface area contributed by atoms with Crippen LogP contribution in [0.15, 0.2) is 30.3 Å². The molecule has 6 heteroatoms. The van der Waals surface area contributed by atoms with Crippen molar-refractivity contribution in [3.63, 3.8) is 0 Å². The van der Waals surface area contributed by atoms with Crippen LogP contribution in [0, 0.1) is 11.3 Å². The minimum absolute atomic E-state index is 0.0546. The van der Waals surface area contributed by atoms with Crippen LogP contribution < -0.4 is 4.74 Å². The highest BCUT2D eigenvalue weighted by Crippen LogP contribution is 2.55. The molecule has 4 rings (SSSR count). The minimum Gasteiger partial charge on any atom is -0.484 e. The Kier molecular flexibility index (Phi) is 5.85. The maximum Gasteiger partial charge on any atom is 0.260 e. The topological polar surface area (TPSA) is 59.1 Å². The molecule has 0 radical (unpaired) electrons. The fourth-order valence-electron chi connectivity index (χ4n) is 4.84. The molecule has 0 bridgehead atoms. The average Bonchev–Trinajstić information content (AvgIpc) is 2.76. The van der Waals surface area contributed by atoms with E-state index in [0.29, 0.717) is 25.6 Å². The monoisotopic (exact) mass is 386 g/mol. The summed E-state index contributed by atoms with van der Waals surface area (Å²) in [6.07, 6.45) is 5.00. The number of carbonyl (C=O) groups excluding carboxylic acids is 2. The largest absolute Gasteiger partial charge is 0.484 e. The number of morpholine rings is 1. The third-order valence-corrected chi connectivity index (χ3v) is 6.86. The molecule has 2 amide bonds. The predicted octanol–water partition coefficient (Wildman–Crippen LogP) is 2.33. The lowest BCUT2D eigenvalue weighted by atomic mass is 9.54. The van der Waals surface area contributed by atoms with Crippen molar-refractivity contribution in [1.82, 2.24) is 9.80 Å². The molecule has 1 aliphatic carbocycles. The lowest BCUT2D eigenvalue weighted by molar-refractivity contribution is -0.145. The SMILES string of the molecule is O=C(COc1ccccc1)N1CCC2(CCC2CC(=O)N2CCOCC2)CC1. The van der Waals surface area contributed by atoms with Gasteiger partial charge in [0.05, 0.1) is 13.2 Å². The highest BCUT2D eigenvalue weighted by Gasteiger charge is 2.49. The number of piperidine rings is 1. The van der Waals surface area contributed by atoms with Gasteiger partial charge >= 0.3 is 0 Å². The highest BCUT2D eigenvalue weighted by molar-refractivity contribution is 5.78. The Labute approximate surface area is 166 Å². The molecular weight excluding hydrogens is 356 g/mol. The van der Waals surface area contributed by atoms with Gasteiger partial charge in [-0.05, 0) is 49.1 Å². The minimum atomic E-state index is 0.0546. The standard InChI is InChI=1S/C22H30N2O4/c25-20(24-12-14-27-15-13-24)16-18-6-7-22(18)8-10-23(11-9-22)21(26)17-28-19-4-2-1-3-5-19/h1-5,18H,6-17H2. The first-order valence-corrected chi connectivity index (χ1v) is 10.5. The number of hydrogen-bond donors (Lipinski definition) is 0. The molecule has 1 aromatic rings. The Morgan fingerprint density at radius 1 is 0.964 bits per heavy atom. The van der Waals surface area contributed by atoms with E-state index in [1.165, 1.54) is 6.42 Å². The van der Waals surface area contributed by atoms with Crippen molar-refractivity contribution in [3.8, 4) is 5.75 Å². The van der Waals surface area contributed by atoms with E-state index in [9.17, 15) is 9.59 Å². The number of benzene rings is 1. The van der Waals surface area contributed by atoms with Gasteiger partial charge in [-0.2, -0.15) is 0 Å². The molecule has 3 aliphatic rings. The number of para-hydroxylation sites is 1. The number of hydrogen-bond acceptors (Lipinski definition) is 4. The van der Waals surface area contributed by atoms with E-state index in [1.807, 2.05) is 40.1 Å². The molecule has 1 spiro atoms. The Morgan fingerprint density at radius 3 is 2.29 bits per heavy atom. The van der Waals surface area contributed by atoms with E-state index in [4.69, 9.17) is 9.47 Å². The zero-order chi connectivity index (χ0) is 19.4. The number of nitrogens with zero attached hydrogens (tertiary/aromatic N) is 2. The summed E-state index contributed by atoms with van der Waals surface area (Å²) in [5.41, 5.74) is 0.263. The molecule has 2 heterocycles. The summed E-state index contributed by atoms with van der Waals surface area (Å²) in [4.78, 5) is 29.0. The normalized spacial score (nSPS) is 23.9. The van der Waals surface area contributed by atoms with Crippen LogP contribution in [0.3, 0.4) is 0 Å². The Morgan fingerprint density at radius 2 is 1.64 bits per heavy atom. The number of rotatable bonds is 5. The molecule has 1 unspecified atom stereocenters. The third kappa shape index (κ3) is 4.17. The first-order valence-electron chi connectivity index (χ1n) is 10.5. The van der Waals surface area contributed by atoms with Gasteiger partial charge in [0, 0.05) is 32.6 Å². The van der Waals surface area contributed by atoms with E-state index in [2.05, 4.69) is 0 Å². The maximum absolute atomic E-state index is 12.6. The summed E-state index contributed by atoms with van der Waals surface area (Å²) in [5.74, 6) is 1.53. The Bertz CT molecular complexity index is 679. The second kappa shape index (κ2) is 8.52. The molecule has 1 aromatic carbocycles. The first-order chi connectivity index (χ1) is 13.7. The van der Waals surface area contributed by atoms with Gasteiger partial charge in [0.2, 0.25) is 5.91 Å². The predicted molar refractivity (Wildman–Crippen MR) is 105 cm³/mol. The lowest BCUT2D eigenvalue weighted by Gasteiger charge is -2.54. The second-order valence-electron chi connectivity index (χ2n) is 8.28. The van der Waals surface area contributed by atoms with Crippen LogP contribution in [0.4, 0.5) is 0 Å². The van der Waals surface area contributed by atoms with E-state index >= 15 is 0 Å². The fourth-order valence-corrected chi connectivity index (χ4v) is 4.84. The van der Waals surface area contributed by atoms with E-state index in [-0.39, 0.29) is 23.8 Å². The number of likely N-dealkylation sites (tertiary alicyclic amines) is 1. The lowest BCUT2D eigenvalue weighted by Crippen LogP contribution is -2.52. The number of amides is 2. The van der Waals surface area contributed by atoms with Crippen LogP contribution >= 0.6 is 0 Å². The fraction of sp³-hybridized carbons (Fsp3) is 0.636. The molecule has 1 atom stereocenters. The van der Waals surface area contributed by atoms with Gasteiger partial charge in [0.15, 0.2) is 6.61 Å². The van der Waals surface area contributed by atoms with Gasteiger partial charge in [-0.25, -0.2) is 0 Å². The van der Waals surface area contributed by atoms with Gasteiger partial charge in [0.1, 0.15) is 5.75 Å². The quantitative estimate of drug-likeness (QED) is 0.779. The van der Waals surface area contributed by atoms with Crippen molar-refractivity contribution < 1.29 is 19.1 Å². The molecule has 152 valence electrons. The first kappa shape index (κ1) is 19.2. The zero-order valence-electron chi connectivity index (χ0n) is 16.5. The van der Waals surface area contributed by atoms with Crippen LogP contribution in [0.2, 0.25) is 0 Å². The van der Waals surface area contributed by atoms with Crippen molar-refractivity contribution >= 4 is 11.8 Å². The molecule has 0 aromatic heterocycles. The molecule has 3 fully saturated rings. The molecule has 1 saturated carbocycles. The van der Waals surface area contributed by atoms with E-state index in [1.54, 1.807) is 0 Å². The number of ether oxygens (including phenoxy) is 2. The van der Waals surface area contributed by atoms with Gasteiger partial charge in [-0.3, -0.25) is 9.59 Å². The van der Waals surface area contributed by atoms with Gasteiger partial charge in [-0.15, -0.1) is 0 Å². The summed E-state index contributed by atoms with van der Waals surface area (Å²) < 4.78 is 10.9. The van der Waals surface area contributed by atoms with Crippen LogP contribution in [0.5, 0.6) is 5.75 Å². The van der Waals surface area contributed by atoms with Gasteiger partial charge in [-0.1, -0.05) is 18.2 Å². The van der Waals surface area contributed by atoms with E-state index in [0.717, 1.165) is 51.2 Å². The summed E-state index contributed by atoms with van der Waals surface area (Å²) in [5, 5.41) is 0. The molecule has 2 saturated heterocycles. The second-order valence-corrected chi connectivity index (χ2v) is 8.28. The van der Waals surface area contributed by atoms with Crippen LogP contribution in [0.25, 0.3) is 0 Å². The molecule has 2 aliphatic heterocycles. The Hall–Kier alpha value is -2.08. The van der Waals surface area contributed by atoms with Gasteiger partial charge in [0.25, 0.3) is 5.91 Å².